The third kappa shape index (κ3) is 7.23. The highest BCUT2D eigenvalue weighted by Crippen LogP contribution is 2.14. The monoisotopic (exact) mass is 231 g/mol. The summed E-state index contributed by atoms with van der Waals surface area (Å²) in [6.45, 7) is 4.34. The molecule has 2 unspecified atom stereocenters. The van der Waals surface area contributed by atoms with E-state index in [1.807, 2.05) is 12.6 Å². The molecule has 1 radical (unpaired) electrons. The molecule has 81 valence electrons. The van der Waals surface area contributed by atoms with E-state index in [4.69, 9.17) is 15.1 Å². The fourth-order valence-corrected chi connectivity index (χ4v) is 6.96. The van der Waals surface area contributed by atoms with Crippen molar-refractivity contribution in [3.05, 3.63) is 0 Å². The summed E-state index contributed by atoms with van der Waals surface area (Å²) < 4.78 is 5.56. The van der Waals surface area contributed by atoms with Gasteiger partial charge in [-0.05, 0) is 32.1 Å². The Morgan fingerprint density at radius 3 is 2.79 bits per heavy atom. The number of rotatable bonds is 7. The Morgan fingerprint density at radius 2 is 2.29 bits per heavy atom. The Balaban J connectivity index is 3.77. The zero-order valence-corrected chi connectivity index (χ0v) is 11.1. The Labute approximate surface area is 88.7 Å². The molecular weight excluding hydrogens is 212 g/mol. The van der Waals surface area contributed by atoms with Crippen molar-refractivity contribution in [1.29, 1.82) is 5.26 Å². The first kappa shape index (κ1) is 13.8. The van der Waals surface area contributed by atoms with Crippen LogP contribution in [0.1, 0.15) is 12.8 Å². The fourth-order valence-electron chi connectivity index (χ4n) is 1.23. The van der Waals surface area contributed by atoms with E-state index >= 15 is 0 Å². The average Bonchev–Trinajstić information content (AvgIpc) is 2.11. The molecular formula is C8H19N2O2Si2. The third-order valence-corrected chi connectivity index (χ3v) is 7.94. The molecule has 14 heavy (non-hydrogen) atoms. The average molecular weight is 231 g/mol. The van der Waals surface area contributed by atoms with Crippen LogP contribution in [0.2, 0.25) is 25.2 Å². The maximum Gasteiger partial charge on any atom is 0.361 e. The molecule has 0 aromatic carbocycles. The van der Waals surface area contributed by atoms with Gasteiger partial charge in [0.25, 0.3) is 0 Å². The van der Waals surface area contributed by atoms with Crippen molar-refractivity contribution in [3.63, 3.8) is 0 Å². The minimum atomic E-state index is -2.79. The van der Waals surface area contributed by atoms with Crippen molar-refractivity contribution in [2.24, 2.45) is 5.73 Å². The quantitative estimate of drug-likeness (QED) is 0.667. The summed E-state index contributed by atoms with van der Waals surface area (Å²) in [5.74, 6) is 0. The topological polar surface area (TPSA) is 78.9 Å². The molecule has 0 heterocycles. The van der Waals surface area contributed by atoms with Crippen molar-refractivity contribution >= 4 is 17.6 Å². The van der Waals surface area contributed by atoms with Crippen LogP contribution in [-0.4, -0.2) is 24.1 Å². The largest absolute Gasteiger partial charge is 0.437 e. The second kappa shape index (κ2) is 7.14. The SMILES string of the molecule is C[SiH](CCCN)O[Si](C)([O])CCC#N. The second-order valence-corrected chi connectivity index (χ2v) is 9.56. The van der Waals surface area contributed by atoms with Gasteiger partial charge in [-0.1, -0.05) is 0 Å². The van der Waals surface area contributed by atoms with Gasteiger partial charge in [0.15, 0.2) is 9.04 Å². The number of hydrogen-bond donors (Lipinski definition) is 1. The number of nitriles is 1. The van der Waals surface area contributed by atoms with Gasteiger partial charge in [0.1, 0.15) is 0 Å². The van der Waals surface area contributed by atoms with Crippen LogP contribution in [0.4, 0.5) is 0 Å². The summed E-state index contributed by atoms with van der Waals surface area (Å²) in [6.07, 6.45) is 1.26. The lowest BCUT2D eigenvalue weighted by molar-refractivity contribution is 0.313. The van der Waals surface area contributed by atoms with E-state index in [-0.39, 0.29) is 0 Å². The van der Waals surface area contributed by atoms with Crippen molar-refractivity contribution in [1.82, 2.24) is 0 Å². The Bertz CT molecular complexity index is 194. The molecule has 6 heteroatoms. The predicted molar refractivity (Wildman–Crippen MR) is 59.9 cm³/mol. The molecule has 0 aliphatic heterocycles. The van der Waals surface area contributed by atoms with Gasteiger partial charge < -0.3 is 9.85 Å². The van der Waals surface area contributed by atoms with E-state index in [1.54, 1.807) is 6.55 Å². The van der Waals surface area contributed by atoms with E-state index < -0.39 is 17.6 Å². The van der Waals surface area contributed by atoms with Gasteiger partial charge in [-0.25, -0.2) is 0 Å². The number of nitrogens with two attached hydrogens (primary N) is 1. The van der Waals surface area contributed by atoms with E-state index in [0.717, 1.165) is 12.5 Å². The maximum atomic E-state index is 11.8. The van der Waals surface area contributed by atoms with Crippen molar-refractivity contribution in [3.8, 4) is 6.07 Å². The Morgan fingerprint density at radius 1 is 1.64 bits per heavy atom. The highest BCUT2D eigenvalue weighted by atomic mass is 28.4. The standard InChI is InChI=1S/C8H19N2O2Si2/c1-13(7-3-5-9)12-14(2,11)8-4-6-10/h13H,3-5,7-9H2,1-2H3. The van der Waals surface area contributed by atoms with Crippen LogP contribution in [0.5, 0.6) is 0 Å². The van der Waals surface area contributed by atoms with Crippen molar-refractivity contribution in [2.45, 2.75) is 38.0 Å². The fraction of sp³-hybridized carbons (Fsp3) is 0.875. The zero-order chi connectivity index (χ0) is 11.0. The first-order valence-corrected chi connectivity index (χ1v) is 9.93. The molecule has 0 aliphatic rings. The van der Waals surface area contributed by atoms with Crippen LogP contribution >= 0.6 is 0 Å². The zero-order valence-electron chi connectivity index (χ0n) is 8.95. The van der Waals surface area contributed by atoms with Gasteiger partial charge in [-0.15, -0.1) is 0 Å². The van der Waals surface area contributed by atoms with Gasteiger partial charge >= 0.3 is 8.56 Å². The van der Waals surface area contributed by atoms with Crippen LogP contribution in [0.15, 0.2) is 0 Å². The molecule has 0 bridgehead atoms. The second-order valence-electron chi connectivity index (χ2n) is 3.65. The van der Waals surface area contributed by atoms with Crippen LogP contribution in [0.25, 0.3) is 0 Å². The lowest BCUT2D eigenvalue weighted by Crippen LogP contribution is -2.38. The highest BCUT2D eigenvalue weighted by molar-refractivity contribution is 6.73. The summed E-state index contributed by atoms with van der Waals surface area (Å²) in [6, 6.07) is 3.36. The summed E-state index contributed by atoms with van der Waals surface area (Å²) >= 11 is 0. The smallest absolute Gasteiger partial charge is 0.361 e. The molecule has 2 N–H and O–H groups in total. The Kier molecular flexibility index (Phi) is 7.04. The van der Waals surface area contributed by atoms with Gasteiger partial charge in [0.05, 0.1) is 6.07 Å². The van der Waals surface area contributed by atoms with Crippen LogP contribution in [-0.2, 0) is 8.91 Å². The van der Waals surface area contributed by atoms with E-state index in [0.29, 0.717) is 19.0 Å². The van der Waals surface area contributed by atoms with Gasteiger partial charge in [0, 0.05) is 12.5 Å². The van der Waals surface area contributed by atoms with Crippen LogP contribution in [0.3, 0.4) is 0 Å². The van der Waals surface area contributed by atoms with E-state index in [2.05, 4.69) is 0 Å². The maximum absolute atomic E-state index is 11.8. The molecule has 2 atom stereocenters. The summed E-state index contributed by atoms with van der Waals surface area (Å²) in [7, 11) is -4.12. The summed E-state index contributed by atoms with van der Waals surface area (Å²) in [5, 5.41) is 8.38. The molecule has 0 saturated carbocycles. The van der Waals surface area contributed by atoms with Crippen molar-refractivity contribution < 1.29 is 8.91 Å². The number of hydrogen-bond acceptors (Lipinski definition) is 3. The molecule has 0 amide bonds. The molecule has 0 aliphatic carbocycles. The van der Waals surface area contributed by atoms with E-state index in [9.17, 15) is 4.80 Å². The molecule has 4 nitrogen and oxygen atoms in total. The predicted octanol–water partition coefficient (Wildman–Crippen LogP) is 1.12. The van der Waals surface area contributed by atoms with Crippen LogP contribution < -0.4 is 5.73 Å². The first-order valence-electron chi connectivity index (χ1n) is 4.97. The summed E-state index contributed by atoms with van der Waals surface area (Å²) in [5.41, 5.74) is 5.38. The van der Waals surface area contributed by atoms with E-state index in [1.165, 1.54) is 0 Å². The first-order chi connectivity index (χ1) is 6.52. The van der Waals surface area contributed by atoms with Crippen molar-refractivity contribution in [2.75, 3.05) is 6.54 Å². The highest BCUT2D eigenvalue weighted by Gasteiger charge is 2.30. The van der Waals surface area contributed by atoms with Crippen LogP contribution in [0, 0.1) is 11.3 Å². The van der Waals surface area contributed by atoms with Gasteiger partial charge in [-0.3, -0.25) is 4.80 Å². The molecule has 0 aromatic rings. The minimum Gasteiger partial charge on any atom is -0.437 e. The molecule has 0 saturated heterocycles. The van der Waals surface area contributed by atoms with Gasteiger partial charge in [0.2, 0.25) is 0 Å². The molecule has 0 fully saturated rings. The normalized spacial score (nSPS) is 17.1. The lowest BCUT2D eigenvalue weighted by atomic mass is 10.5. The van der Waals surface area contributed by atoms with Gasteiger partial charge in [-0.2, -0.15) is 5.26 Å². The summed E-state index contributed by atoms with van der Waals surface area (Å²) in [4.78, 5) is 11.8. The Hall–Kier alpha value is -0.196. The molecule has 0 spiro atoms. The molecule has 0 rings (SSSR count). The minimum absolute atomic E-state index is 0.324. The number of nitrogens with zero attached hydrogens (tertiary/aromatic N) is 1. The molecule has 0 aromatic heterocycles. The third-order valence-electron chi connectivity index (χ3n) is 1.96. The lowest BCUT2D eigenvalue weighted by Gasteiger charge is -2.21.